The summed E-state index contributed by atoms with van der Waals surface area (Å²) in [7, 11) is 1.57. The number of ether oxygens (including phenoxy) is 2. The van der Waals surface area contributed by atoms with Crippen molar-refractivity contribution in [1.82, 2.24) is 15.8 Å². The van der Waals surface area contributed by atoms with Crippen LogP contribution in [-0.2, 0) is 0 Å². The topological polar surface area (TPSA) is 79.9 Å². The lowest BCUT2D eigenvalue weighted by Crippen LogP contribution is -2.37. The number of ketones is 2. The number of nitrogens with zero attached hydrogens (tertiary/aromatic N) is 1. The van der Waals surface area contributed by atoms with E-state index in [9.17, 15) is 9.59 Å². The van der Waals surface area contributed by atoms with Gasteiger partial charge in [0, 0.05) is 34.9 Å². The number of halogens is 1. The van der Waals surface area contributed by atoms with Gasteiger partial charge in [0.25, 0.3) is 0 Å². The summed E-state index contributed by atoms with van der Waals surface area (Å²) in [6.07, 6.45) is 7.33. The number of hydrazine groups is 1. The number of hydrogen-bond donors (Lipinski definition) is 2. The molecule has 2 aliphatic heterocycles. The van der Waals surface area contributed by atoms with Gasteiger partial charge < -0.3 is 25.2 Å². The molecular weight excluding hydrogens is 497 g/mol. The molecule has 2 aromatic rings. The van der Waals surface area contributed by atoms with E-state index in [2.05, 4.69) is 15.8 Å². The molecule has 0 saturated carbocycles. The summed E-state index contributed by atoms with van der Waals surface area (Å²) in [5.41, 5.74) is 7.73. The minimum absolute atomic E-state index is 0.0103. The van der Waals surface area contributed by atoms with Gasteiger partial charge in [0.1, 0.15) is 0 Å². The molecule has 1 saturated heterocycles. The first-order valence-corrected chi connectivity index (χ1v) is 13.4. The Morgan fingerprint density at radius 1 is 1.05 bits per heavy atom. The number of carbonyl (C=O) groups excluding carboxylic acids is 2. The highest BCUT2D eigenvalue weighted by Gasteiger charge is 2.40. The number of likely N-dealkylation sites (tertiary alicyclic amines) is 1. The molecular formula is C31H34FN3O4. The minimum atomic E-state index is -2.17. The van der Waals surface area contributed by atoms with Crippen LogP contribution in [0.1, 0.15) is 46.9 Å². The standard InChI is InChI=1S/C31H34FN3O4/c1-21(36)24-9-10-27(28(19-24)38-2)39-18-6-15-35-16-12-22(13-17-35)29-25-11-14-31(32,20-26(25)33-34-29)30(37)23-7-4-3-5-8-23/h3-5,7-11,14,19-20,22,33-34H,6,12-13,15-18H2,1-2H3. The van der Waals surface area contributed by atoms with E-state index >= 15 is 4.39 Å². The van der Waals surface area contributed by atoms with Gasteiger partial charge in [-0.05, 0) is 69.6 Å². The predicted molar refractivity (Wildman–Crippen MR) is 147 cm³/mol. The number of fused-ring (bicyclic) bond motifs is 1. The van der Waals surface area contributed by atoms with E-state index < -0.39 is 11.5 Å². The SMILES string of the molecule is COc1cc(C(C)=O)ccc1OCCCN1CCC(C2=C3C=CC(F)(C(=O)c4ccccc4)C=C3NN2)CC1. The second-order valence-corrected chi connectivity index (χ2v) is 10.2. The van der Waals surface area contributed by atoms with Crippen molar-refractivity contribution in [1.29, 1.82) is 0 Å². The molecule has 39 heavy (non-hydrogen) atoms. The first-order chi connectivity index (χ1) is 18.9. The Labute approximate surface area is 228 Å². The van der Waals surface area contributed by atoms with E-state index in [1.807, 2.05) is 0 Å². The Morgan fingerprint density at radius 2 is 1.82 bits per heavy atom. The van der Waals surface area contributed by atoms with Gasteiger partial charge >= 0.3 is 0 Å². The van der Waals surface area contributed by atoms with Gasteiger partial charge in [-0.1, -0.05) is 36.4 Å². The van der Waals surface area contributed by atoms with Crippen LogP contribution in [0.2, 0.25) is 0 Å². The summed E-state index contributed by atoms with van der Waals surface area (Å²) in [5, 5.41) is 0. The predicted octanol–water partition coefficient (Wildman–Crippen LogP) is 4.79. The summed E-state index contributed by atoms with van der Waals surface area (Å²) in [6.45, 7) is 4.93. The van der Waals surface area contributed by atoms with Crippen LogP contribution in [0.4, 0.5) is 4.39 Å². The van der Waals surface area contributed by atoms with Gasteiger partial charge in [-0.3, -0.25) is 9.59 Å². The molecule has 2 N–H and O–H groups in total. The summed E-state index contributed by atoms with van der Waals surface area (Å²) in [4.78, 5) is 26.8. The highest BCUT2D eigenvalue weighted by molar-refractivity contribution is 6.05. The van der Waals surface area contributed by atoms with Crippen LogP contribution >= 0.6 is 0 Å². The molecule has 1 fully saturated rings. The van der Waals surface area contributed by atoms with E-state index in [0.29, 0.717) is 40.8 Å². The van der Waals surface area contributed by atoms with Gasteiger partial charge in [-0.2, -0.15) is 0 Å². The number of alkyl halides is 1. The first-order valence-electron chi connectivity index (χ1n) is 13.4. The lowest BCUT2D eigenvalue weighted by Gasteiger charge is -2.32. The molecule has 0 bridgehead atoms. The number of Topliss-reactive ketones (excluding diaryl/α,β-unsaturated/α-hetero) is 2. The zero-order chi connectivity index (χ0) is 27.4. The Morgan fingerprint density at radius 3 is 2.54 bits per heavy atom. The number of benzene rings is 2. The maximum absolute atomic E-state index is 15.6. The van der Waals surface area contributed by atoms with Crippen molar-refractivity contribution < 1.29 is 23.5 Å². The van der Waals surface area contributed by atoms with Gasteiger partial charge in [0.05, 0.1) is 19.4 Å². The third-order valence-electron chi connectivity index (χ3n) is 7.59. The number of piperidine rings is 1. The van der Waals surface area contributed by atoms with E-state index in [0.717, 1.165) is 50.2 Å². The second kappa shape index (κ2) is 11.5. The van der Waals surface area contributed by atoms with Gasteiger partial charge in [-0.15, -0.1) is 0 Å². The fraction of sp³-hybridized carbons (Fsp3) is 0.355. The van der Waals surface area contributed by atoms with Crippen LogP contribution in [0.25, 0.3) is 0 Å². The van der Waals surface area contributed by atoms with Crippen LogP contribution in [0.5, 0.6) is 11.5 Å². The Bertz CT molecular complexity index is 1330. The van der Waals surface area contributed by atoms with E-state index in [1.165, 1.54) is 19.1 Å². The van der Waals surface area contributed by atoms with Gasteiger partial charge in [-0.25, -0.2) is 4.39 Å². The quantitative estimate of drug-likeness (QED) is 0.337. The molecule has 7 nitrogen and oxygen atoms in total. The molecule has 2 aromatic carbocycles. The molecule has 1 unspecified atom stereocenters. The molecule has 0 spiro atoms. The van der Waals surface area contributed by atoms with Crippen LogP contribution < -0.4 is 20.3 Å². The minimum Gasteiger partial charge on any atom is -0.493 e. The maximum atomic E-state index is 15.6. The first kappa shape index (κ1) is 26.7. The highest BCUT2D eigenvalue weighted by atomic mass is 19.1. The summed E-state index contributed by atoms with van der Waals surface area (Å²) in [6, 6.07) is 13.8. The smallest absolute Gasteiger partial charge is 0.212 e. The van der Waals surface area contributed by atoms with Crippen LogP contribution in [0.3, 0.4) is 0 Å². The number of carbonyl (C=O) groups is 2. The Kier molecular flexibility index (Phi) is 7.84. The largest absolute Gasteiger partial charge is 0.493 e. The number of rotatable bonds is 10. The fourth-order valence-electron chi connectivity index (χ4n) is 5.37. The molecule has 5 rings (SSSR count). The van der Waals surface area contributed by atoms with E-state index in [-0.39, 0.29) is 5.78 Å². The fourth-order valence-corrected chi connectivity index (χ4v) is 5.37. The monoisotopic (exact) mass is 531 g/mol. The summed E-state index contributed by atoms with van der Waals surface area (Å²) in [5.74, 6) is 0.960. The summed E-state index contributed by atoms with van der Waals surface area (Å²) >= 11 is 0. The van der Waals surface area contributed by atoms with Crippen LogP contribution in [-0.4, -0.2) is 55.5 Å². The van der Waals surface area contributed by atoms with E-state index in [1.54, 1.807) is 61.7 Å². The Hall–Kier alpha value is -3.91. The summed E-state index contributed by atoms with van der Waals surface area (Å²) < 4.78 is 26.9. The molecule has 2 heterocycles. The lowest BCUT2D eigenvalue weighted by atomic mass is 9.85. The molecule has 0 amide bonds. The highest BCUT2D eigenvalue weighted by Crippen LogP contribution is 2.36. The zero-order valence-electron chi connectivity index (χ0n) is 22.3. The van der Waals surface area contributed by atoms with Crippen molar-refractivity contribution in [2.75, 3.05) is 33.4 Å². The molecule has 1 atom stereocenters. The third-order valence-corrected chi connectivity index (χ3v) is 7.59. The molecule has 204 valence electrons. The van der Waals surface area contributed by atoms with Gasteiger partial charge in [0.2, 0.25) is 11.5 Å². The molecule has 0 radical (unpaired) electrons. The zero-order valence-corrected chi connectivity index (χ0v) is 22.3. The van der Waals surface area contributed by atoms with E-state index in [4.69, 9.17) is 9.47 Å². The van der Waals surface area contributed by atoms with Crippen molar-refractivity contribution in [3.63, 3.8) is 0 Å². The number of allylic oxidation sites excluding steroid dienone is 4. The Balaban J connectivity index is 1.12. The average molecular weight is 532 g/mol. The second-order valence-electron chi connectivity index (χ2n) is 10.2. The van der Waals surface area contributed by atoms with Crippen molar-refractivity contribution in [3.8, 4) is 11.5 Å². The van der Waals surface area contributed by atoms with Crippen LogP contribution in [0, 0.1) is 5.92 Å². The molecule has 3 aliphatic rings. The van der Waals surface area contributed by atoms with Crippen molar-refractivity contribution in [2.24, 2.45) is 5.92 Å². The average Bonchev–Trinajstić information content (AvgIpc) is 3.38. The third kappa shape index (κ3) is 5.76. The molecule has 8 heteroatoms. The molecule has 0 aromatic heterocycles. The molecule has 1 aliphatic carbocycles. The maximum Gasteiger partial charge on any atom is 0.212 e. The van der Waals surface area contributed by atoms with Crippen molar-refractivity contribution >= 4 is 11.6 Å². The number of hydrogen-bond acceptors (Lipinski definition) is 7. The van der Waals surface area contributed by atoms with Crippen molar-refractivity contribution in [2.45, 2.75) is 31.9 Å². The van der Waals surface area contributed by atoms with Crippen molar-refractivity contribution in [3.05, 3.63) is 94.9 Å². The normalized spacial score (nSPS) is 21.1. The lowest BCUT2D eigenvalue weighted by molar-refractivity contribution is 0.0840. The number of methoxy groups -OCH3 is 1. The van der Waals surface area contributed by atoms with Crippen LogP contribution in [0.15, 0.2) is 83.7 Å². The van der Waals surface area contributed by atoms with Gasteiger partial charge in [0.15, 0.2) is 17.3 Å². The number of nitrogens with one attached hydrogen (secondary N) is 2.